The lowest BCUT2D eigenvalue weighted by Gasteiger charge is -2.02. The summed E-state index contributed by atoms with van der Waals surface area (Å²) in [7, 11) is 0. The summed E-state index contributed by atoms with van der Waals surface area (Å²) in [5.74, 6) is -0.437. The van der Waals surface area contributed by atoms with Crippen molar-refractivity contribution in [2.45, 2.75) is 0 Å². The predicted molar refractivity (Wildman–Crippen MR) is 72.3 cm³/mol. The minimum absolute atomic E-state index is 0.0359. The molecule has 5 nitrogen and oxygen atoms in total. The van der Waals surface area contributed by atoms with Gasteiger partial charge in [0, 0.05) is 11.8 Å². The molecule has 0 fully saturated rings. The third-order valence-corrected chi connectivity index (χ3v) is 3.06. The van der Waals surface area contributed by atoms with Gasteiger partial charge in [-0.25, -0.2) is 14.4 Å². The smallest absolute Gasteiger partial charge is 0.232 e. The van der Waals surface area contributed by atoms with Crippen LogP contribution < -0.4 is 5.73 Å². The SMILES string of the molecule is Nc1onc(-c2ccc(Cl)c(F)c2)c1-c1ccncn1. The van der Waals surface area contributed by atoms with E-state index < -0.39 is 5.82 Å². The van der Waals surface area contributed by atoms with Crippen LogP contribution in [-0.2, 0) is 0 Å². The van der Waals surface area contributed by atoms with Gasteiger partial charge in [0.1, 0.15) is 17.8 Å². The molecule has 20 heavy (non-hydrogen) atoms. The van der Waals surface area contributed by atoms with Crippen molar-refractivity contribution in [3.05, 3.63) is 47.6 Å². The van der Waals surface area contributed by atoms with Gasteiger partial charge < -0.3 is 10.3 Å². The number of aromatic nitrogens is 3. The molecule has 0 aliphatic carbocycles. The first-order valence-corrected chi connectivity index (χ1v) is 6.01. The molecule has 3 aromatic rings. The van der Waals surface area contributed by atoms with Crippen molar-refractivity contribution in [1.29, 1.82) is 0 Å². The lowest BCUT2D eigenvalue weighted by molar-refractivity contribution is 0.439. The highest BCUT2D eigenvalue weighted by Crippen LogP contribution is 2.35. The fraction of sp³-hybridized carbons (Fsp3) is 0. The Morgan fingerprint density at radius 1 is 1.25 bits per heavy atom. The molecule has 1 aromatic carbocycles. The molecule has 0 saturated carbocycles. The summed E-state index contributed by atoms with van der Waals surface area (Å²) >= 11 is 5.67. The van der Waals surface area contributed by atoms with E-state index in [0.29, 0.717) is 22.5 Å². The molecule has 0 atom stereocenters. The zero-order chi connectivity index (χ0) is 14.1. The average Bonchev–Trinajstić information content (AvgIpc) is 2.85. The molecule has 0 saturated heterocycles. The van der Waals surface area contributed by atoms with E-state index in [4.69, 9.17) is 21.9 Å². The molecule has 2 N–H and O–H groups in total. The van der Waals surface area contributed by atoms with E-state index in [9.17, 15) is 4.39 Å². The van der Waals surface area contributed by atoms with E-state index in [-0.39, 0.29) is 10.9 Å². The Balaban J connectivity index is 2.18. The summed E-state index contributed by atoms with van der Waals surface area (Å²) < 4.78 is 18.5. The fourth-order valence-electron chi connectivity index (χ4n) is 1.83. The number of halogens is 2. The second kappa shape index (κ2) is 4.90. The van der Waals surface area contributed by atoms with Crippen molar-refractivity contribution < 1.29 is 8.91 Å². The number of nitrogens with two attached hydrogens (primary N) is 1. The maximum atomic E-state index is 13.6. The third kappa shape index (κ3) is 2.10. The normalized spacial score (nSPS) is 10.7. The molecule has 100 valence electrons. The lowest BCUT2D eigenvalue weighted by Crippen LogP contribution is -1.91. The molecule has 0 aliphatic heterocycles. The van der Waals surface area contributed by atoms with Gasteiger partial charge in [-0.1, -0.05) is 22.8 Å². The van der Waals surface area contributed by atoms with E-state index in [1.165, 1.54) is 18.5 Å². The Hall–Kier alpha value is -2.47. The summed E-state index contributed by atoms with van der Waals surface area (Å²) in [5, 5.41) is 3.90. The number of nitrogens with zero attached hydrogens (tertiary/aromatic N) is 3. The van der Waals surface area contributed by atoms with E-state index in [1.807, 2.05) is 0 Å². The number of hydrogen-bond acceptors (Lipinski definition) is 5. The van der Waals surface area contributed by atoms with Gasteiger partial charge in [-0.3, -0.25) is 0 Å². The minimum Gasteiger partial charge on any atom is -0.367 e. The first-order chi connectivity index (χ1) is 9.66. The van der Waals surface area contributed by atoms with Gasteiger partial charge in [-0.2, -0.15) is 0 Å². The van der Waals surface area contributed by atoms with Crippen LogP contribution in [0.4, 0.5) is 10.3 Å². The number of hydrogen-bond donors (Lipinski definition) is 1. The molecule has 0 unspecified atom stereocenters. The maximum absolute atomic E-state index is 13.6. The van der Waals surface area contributed by atoms with Crippen molar-refractivity contribution >= 4 is 17.5 Å². The van der Waals surface area contributed by atoms with Crippen LogP contribution in [0.2, 0.25) is 5.02 Å². The van der Waals surface area contributed by atoms with Gasteiger partial charge >= 0.3 is 0 Å². The summed E-state index contributed by atoms with van der Waals surface area (Å²) in [4.78, 5) is 7.93. The van der Waals surface area contributed by atoms with E-state index in [0.717, 1.165) is 0 Å². The highest BCUT2D eigenvalue weighted by molar-refractivity contribution is 6.30. The number of anilines is 1. The fourth-order valence-corrected chi connectivity index (χ4v) is 1.95. The molecular weight excluding hydrogens is 283 g/mol. The van der Waals surface area contributed by atoms with E-state index in [1.54, 1.807) is 18.3 Å². The highest BCUT2D eigenvalue weighted by Gasteiger charge is 2.19. The van der Waals surface area contributed by atoms with Crippen molar-refractivity contribution in [3.63, 3.8) is 0 Å². The third-order valence-electron chi connectivity index (χ3n) is 2.75. The molecule has 2 heterocycles. The number of rotatable bonds is 2. The van der Waals surface area contributed by atoms with Crippen molar-refractivity contribution in [1.82, 2.24) is 15.1 Å². The quantitative estimate of drug-likeness (QED) is 0.784. The van der Waals surface area contributed by atoms with Crippen molar-refractivity contribution in [2.75, 3.05) is 5.73 Å². The van der Waals surface area contributed by atoms with Gasteiger partial charge in [0.05, 0.1) is 16.3 Å². The van der Waals surface area contributed by atoms with Gasteiger partial charge in [0.2, 0.25) is 5.88 Å². The van der Waals surface area contributed by atoms with Crippen LogP contribution in [0.5, 0.6) is 0 Å². The van der Waals surface area contributed by atoms with Gasteiger partial charge in [0.15, 0.2) is 0 Å². The van der Waals surface area contributed by atoms with E-state index in [2.05, 4.69) is 15.1 Å². The van der Waals surface area contributed by atoms with Crippen LogP contribution in [0.25, 0.3) is 22.5 Å². The van der Waals surface area contributed by atoms with Crippen LogP contribution in [0.3, 0.4) is 0 Å². The van der Waals surface area contributed by atoms with Crippen LogP contribution in [0.1, 0.15) is 0 Å². The minimum atomic E-state index is -0.542. The Morgan fingerprint density at radius 2 is 2.10 bits per heavy atom. The lowest BCUT2D eigenvalue weighted by atomic mass is 10.0. The summed E-state index contributed by atoms with van der Waals surface area (Å²) in [6.07, 6.45) is 2.95. The van der Waals surface area contributed by atoms with Crippen LogP contribution >= 0.6 is 11.6 Å². The van der Waals surface area contributed by atoms with Crippen LogP contribution in [-0.4, -0.2) is 15.1 Å². The second-order valence-corrected chi connectivity index (χ2v) is 4.40. The maximum Gasteiger partial charge on any atom is 0.232 e. The first kappa shape index (κ1) is 12.6. The van der Waals surface area contributed by atoms with Crippen molar-refractivity contribution in [2.24, 2.45) is 0 Å². The summed E-state index contributed by atoms with van der Waals surface area (Å²) in [6, 6.07) is 6.01. The molecule has 0 bridgehead atoms. The second-order valence-electron chi connectivity index (χ2n) is 3.99. The van der Waals surface area contributed by atoms with Crippen LogP contribution in [0.15, 0.2) is 41.3 Å². The summed E-state index contributed by atoms with van der Waals surface area (Å²) in [6.45, 7) is 0. The molecule has 2 aromatic heterocycles. The summed E-state index contributed by atoms with van der Waals surface area (Å²) in [5.41, 5.74) is 7.71. The standard InChI is InChI=1S/C13H8ClFN4O/c14-8-2-1-7(5-9(8)15)12-11(13(16)20-19-12)10-3-4-17-6-18-10/h1-6H,16H2. The highest BCUT2D eigenvalue weighted by atomic mass is 35.5. The molecule has 3 rings (SSSR count). The van der Waals surface area contributed by atoms with Crippen LogP contribution in [0, 0.1) is 5.82 Å². The monoisotopic (exact) mass is 290 g/mol. The van der Waals surface area contributed by atoms with Gasteiger partial charge in [-0.05, 0) is 18.2 Å². The van der Waals surface area contributed by atoms with Gasteiger partial charge in [0.25, 0.3) is 0 Å². The predicted octanol–water partition coefficient (Wildman–Crippen LogP) is 3.17. The number of nitrogen functional groups attached to an aromatic ring is 1. The molecule has 7 heteroatoms. The average molecular weight is 291 g/mol. The van der Waals surface area contributed by atoms with Crippen molar-refractivity contribution in [3.8, 4) is 22.5 Å². The first-order valence-electron chi connectivity index (χ1n) is 5.64. The Labute approximate surface area is 118 Å². The number of benzene rings is 1. The zero-order valence-corrected chi connectivity index (χ0v) is 10.8. The Bertz CT molecular complexity index is 760. The molecular formula is C13H8ClFN4O. The molecule has 0 aliphatic rings. The molecule has 0 radical (unpaired) electrons. The topological polar surface area (TPSA) is 77.8 Å². The molecule has 0 amide bonds. The van der Waals surface area contributed by atoms with Gasteiger partial charge in [-0.15, -0.1) is 0 Å². The van der Waals surface area contributed by atoms with E-state index >= 15 is 0 Å². The largest absolute Gasteiger partial charge is 0.367 e. The Kier molecular flexibility index (Phi) is 3.08. The molecule has 0 spiro atoms. The zero-order valence-electron chi connectivity index (χ0n) is 10.0. The Morgan fingerprint density at radius 3 is 2.80 bits per heavy atom.